The molecule has 0 aliphatic heterocycles. The van der Waals surface area contributed by atoms with Crippen molar-refractivity contribution >= 4 is 22.2 Å². The Hall–Kier alpha value is -2.08. The fourth-order valence-electron chi connectivity index (χ4n) is 1.78. The number of methoxy groups -OCH3 is 1. The van der Waals surface area contributed by atoms with Crippen molar-refractivity contribution in [3.8, 4) is 17.2 Å². The Morgan fingerprint density at radius 3 is 2.45 bits per heavy atom. The molecule has 0 bridgehead atoms. The highest BCUT2D eigenvalue weighted by Crippen LogP contribution is 2.36. The van der Waals surface area contributed by atoms with E-state index in [1.54, 1.807) is 24.3 Å². The first-order valence-electron chi connectivity index (χ1n) is 6.48. The van der Waals surface area contributed by atoms with Gasteiger partial charge in [-0.25, -0.2) is 4.39 Å². The molecule has 6 heteroatoms. The van der Waals surface area contributed by atoms with Gasteiger partial charge in [-0.1, -0.05) is 0 Å². The lowest BCUT2D eigenvalue weighted by molar-refractivity contribution is 0.112. The summed E-state index contributed by atoms with van der Waals surface area (Å²) in [4.78, 5) is 10.8. The molecule has 0 aliphatic rings. The largest absolute Gasteiger partial charge is 0.493 e. The number of benzene rings is 2. The van der Waals surface area contributed by atoms with Gasteiger partial charge in [-0.2, -0.15) is 0 Å². The summed E-state index contributed by atoms with van der Waals surface area (Å²) in [6, 6.07) is 8.98. The van der Waals surface area contributed by atoms with E-state index < -0.39 is 0 Å². The van der Waals surface area contributed by atoms with Gasteiger partial charge < -0.3 is 14.2 Å². The molecule has 0 aromatic heterocycles. The molecule has 0 fully saturated rings. The number of carbonyl (C=O) groups is 1. The number of rotatable bonds is 7. The summed E-state index contributed by atoms with van der Waals surface area (Å²) >= 11 is 3.34. The van der Waals surface area contributed by atoms with Crippen LogP contribution in [0.3, 0.4) is 0 Å². The van der Waals surface area contributed by atoms with Gasteiger partial charge in [0.25, 0.3) is 0 Å². The van der Waals surface area contributed by atoms with E-state index in [4.69, 9.17) is 14.2 Å². The van der Waals surface area contributed by atoms with Crippen molar-refractivity contribution in [3.63, 3.8) is 0 Å². The van der Waals surface area contributed by atoms with Gasteiger partial charge in [-0.15, -0.1) is 0 Å². The van der Waals surface area contributed by atoms with Crippen molar-refractivity contribution in [1.29, 1.82) is 0 Å². The van der Waals surface area contributed by atoms with E-state index in [-0.39, 0.29) is 19.0 Å². The number of hydrogen-bond acceptors (Lipinski definition) is 4. The summed E-state index contributed by atoms with van der Waals surface area (Å²) in [5.74, 6) is 1.20. The summed E-state index contributed by atoms with van der Waals surface area (Å²) < 4.78 is 29.6. The second-order valence-electron chi connectivity index (χ2n) is 4.30. The van der Waals surface area contributed by atoms with Crippen molar-refractivity contribution in [2.75, 3.05) is 20.3 Å². The van der Waals surface area contributed by atoms with Crippen LogP contribution in [0.2, 0.25) is 0 Å². The van der Waals surface area contributed by atoms with E-state index in [1.165, 1.54) is 19.2 Å². The molecule has 0 spiro atoms. The van der Waals surface area contributed by atoms with E-state index in [2.05, 4.69) is 15.9 Å². The van der Waals surface area contributed by atoms with Gasteiger partial charge in [-0.3, -0.25) is 4.79 Å². The molecule has 0 saturated heterocycles. The number of hydrogen-bond donors (Lipinski definition) is 0. The third kappa shape index (κ3) is 4.21. The van der Waals surface area contributed by atoms with Crippen molar-refractivity contribution in [2.24, 2.45) is 0 Å². The van der Waals surface area contributed by atoms with E-state index in [0.29, 0.717) is 27.3 Å². The van der Waals surface area contributed by atoms with Crippen LogP contribution in [0.4, 0.5) is 4.39 Å². The number of aldehydes is 1. The van der Waals surface area contributed by atoms with Gasteiger partial charge in [0, 0.05) is 5.56 Å². The molecule has 2 rings (SSSR count). The number of ether oxygens (including phenoxy) is 3. The topological polar surface area (TPSA) is 44.8 Å². The first kappa shape index (κ1) is 16.3. The Kier molecular flexibility index (Phi) is 5.77. The molecule has 0 amide bonds. The molecule has 0 atom stereocenters. The van der Waals surface area contributed by atoms with Gasteiger partial charge in [-0.05, 0) is 52.3 Å². The first-order chi connectivity index (χ1) is 10.6. The molecule has 22 heavy (non-hydrogen) atoms. The number of carbonyl (C=O) groups excluding carboxylic acids is 1. The van der Waals surface area contributed by atoms with Crippen molar-refractivity contribution < 1.29 is 23.4 Å². The van der Waals surface area contributed by atoms with Crippen LogP contribution in [-0.2, 0) is 0 Å². The predicted octanol–water partition coefficient (Wildman–Crippen LogP) is 3.87. The van der Waals surface area contributed by atoms with Crippen LogP contribution in [0, 0.1) is 5.82 Å². The molecule has 116 valence electrons. The summed E-state index contributed by atoms with van der Waals surface area (Å²) in [5.41, 5.74) is 0.485. The Bertz CT molecular complexity index is 643. The van der Waals surface area contributed by atoms with Gasteiger partial charge >= 0.3 is 0 Å². The van der Waals surface area contributed by atoms with Crippen LogP contribution in [0.25, 0.3) is 0 Å². The Balaban J connectivity index is 1.94. The Labute approximate surface area is 135 Å². The molecule has 0 heterocycles. The summed E-state index contributed by atoms with van der Waals surface area (Å²) in [6.07, 6.45) is 0.731. The average molecular weight is 369 g/mol. The molecule has 4 nitrogen and oxygen atoms in total. The Morgan fingerprint density at radius 1 is 1.14 bits per heavy atom. The molecule has 0 radical (unpaired) electrons. The van der Waals surface area contributed by atoms with Gasteiger partial charge in [0.05, 0.1) is 11.6 Å². The smallest absolute Gasteiger partial charge is 0.175 e. The van der Waals surface area contributed by atoms with Crippen LogP contribution < -0.4 is 14.2 Å². The van der Waals surface area contributed by atoms with Gasteiger partial charge in [0.2, 0.25) is 0 Å². The second kappa shape index (κ2) is 7.79. The summed E-state index contributed by atoms with van der Waals surface area (Å²) in [6.45, 7) is 0.559. The molecular weight excluding hydrogens is 355 g/mol. The standard InChI is InChI=1S/C16H14BrFO4/c1-20-15-9-11(10-19)8-14(17)16(15)22-7-6-21-13-4-2-12(18)3-5-13/h2-5,8-10H,6-7H2,1H3. The SMILES string of the molecule is COc1cc(C=O)cc(Br)c1OCCOc1ccc(F)cc1. The molecule has 0 aliphatic carbocycles. The first-order valence-corrected chi connectivity index (χ1v) is 7.27. The highest BCUT2D eigenvalue weighted by atomic mass is 79.9. The van der Waals surface area contributed by atoms with Crippen LogP contribution >= 0.6 is 15.9 Å². The maximum absolute atomic E-state index is 12.8. The zero-order chi connectivity index (χ0) is 15.9. The lowest BCUT2D eigenvalue weighted by atomic mass is 10.2. The molecule has 0 unspecified atom stereocenters. The van der Waals surface area contributed by atoms with E-state index in [1.807, 2.05) is 0 Å². The zero-order valence-electron chi connectivity index (χ0n) is 11.8. The zero-order valence-corrected chi connectivity index (χ0v) is 13.4. The van der Waals surface area contributed by atoms with Crippen LogP contribution in [0.5, 0.6) is 17.2 Å². The minimum atomic E-state index is -0.312. The molecule has 0 N–H and O–H groups in total. The van der Waals surface area contributed by atoms with Gasteiger partial charge in [0.15, 0.2) is 11.5 Å². The van der Waals surface area contributed by atoms with Crippen LogP contribution in [0.15, 0.2) is 40.9 Å². The van der Waals surface area contributed by atoms with E-state index in [9.17, 15) is 9.18 Å². The monoisotopic (exact) mass is 368 g/mol. The maximum Gasteiger partial charge on any atom is 0.175 e. The molecule has 0 saturated carbocycles. The highest BCUT2D eigenvalue weighted by Gasteiger charge is 2.11. The van der Waals surface area contributed by atoms with Crippen LogP contribution in [-0.4, -0.2) is 26.6 Å². The summed E-state index contributed by atoms with van der Waals surface area (Å²) in [7, 11) is 1.50. The minimum Gasteiger partial charge on any atom is -0.493 e. The lowest BCUT2D eigenvalue weighted by Gasteiger charge is -2.13. The quantitative estimate of drug-likeness (QED) is 0.549. The normalized spacial score (nSPS) is 10.1. The average Bonchev–Trinajstić information content (AvgIpc) is 2.53. The highest BCUT2D eigenvalue weighted by molar-refractivity contribution is 9.10. The van der Waals surface area contributed by atoms with Gasteiger partial charge in [0.1, 0.15) is 31.1 Å². The van der Waals surface area contributed by atoms with Crippen molar-refractivity contribution in [3.05, 3.63) is 52.3 Å². The van der Waals surface area contributed by atoms with E-state index in [0.717, 1.165) is 6.29 Å². The molecular formula is C16H14BrFO4. The van der Waals surface area contributed by atoms with E-state index >= 15 is 0 Å². The predicted molar refractivity (Wildman–Crippen MR) is 83.5 cm³/mol. The maximum atomic E-state index is 12.8. The minimum absolute atomic E-state index is 0.271. The number of halogens is 2. The van der Waals surface area contributed by atoms with Crippen LogP contribution in [0.1, 0.15) is 10.4 Å². The fraction of sp³-hybridized carbons (Fsp3) is 0.188. The second-order valence-corrected chi connectivity index (χ2v) is 5.16. The lowest BCUT2D eigenvalue weighted by Crippen LogP contribution is -2.10. The van der Waals surface area contributed by atoms with Crippen molar-refractivity contribution in [2.45, 2.75) is 0 Å². The Morgan fingerprint density at radius 2 is 1.82 bits per heavy atom. The van der Waals surface area contributed by atoms with Crippen molar-refractivity contribution in [1.82, 2.24) is 0 Å². The summed E-state index contributed by atoms with van der Waals surface area (Å²) in [5, 5.41) is 0. The third-order valence-electron chi connectivity index (χ3n) is 2.80. The third-order valence-corrected chi connectivity index (χ3v) is 3.39. The fourth-order valence-corrected chi connectivity index (χ4v) is 2.36. The molecule has 2 aromatic rings. The molecule has 2 aromatic carbocycles.